The molecular weight excluding hydrogens is 673 g/mol. The highest BCUT2D eigenvalue weighted by atomic mass is 32.1. The fraction of sp³-hybridized carbons (Fsp3) is 0. The lowest BCUT2D eigenvalue weighted by Crippen LogP contribution is -1.90. The Bertz CT molecular complexity index is 3440. The van der Waals surface area contributed by atoms with E-state index in [1.807, 2.05) is 11.3 Å². The molecule has 0 fully saturated rings. The minimum Gasteiger partial charge on any atom is -0.455 e. The highest BCUT2D eigenvalue weighted by Crippen LogP contribution is 2.46. The van der Waals surface area contributed by atoms with Crippen LogP contribution in [-0.2, 0) is 0 Å². The molecular formula is C52H30OS. The van der Waals surface area contributed by atoms with E-state index in [0.29, 0.717) is 0 Å². The Hall–Kier alpha value is -6.74. The number of benzene rings is 10. The van der Waals surface area contributed by atoms with Crippen LogP contribution in [0.3, 0.4) is 0 Å². The van der Waals surface area contributed by atoms with Gasteiger partial charge in [-0.3, -0.25) is 0 Å². The maximum absolute atomic E-state index is 6.72. The van der Waals surface area contributed by atoms with E-state index in [9.17, 15) is 0 Å². The average Bonchev–Trinajstić information content (AvgIpc) is 3.81. The largest absolute Gasteiger partial charge is 0.455 e. The molecule has 0 atom stereocenters. The predicted octanol–water partition coefficient (Wildman–Crippen LogP) is 15.6. The summed E-state index contributed by atoms with van der Waals surface area (Å²) in [6.45, 7) is 0. The van der Waals surface area contributed by atoms with Crippen molar-refractivity contribution >= 4 is 96.5 Å². The van der Waals surface area contributed by atoms with Gasteiger partial charge >= 0.3 is 0 Å². The average molecular weight is 703 g/mol. The highest BCUT2D eigenvalue weighted by Gasteiger charge is 2.19. The van der Waals surface area contributed by atoms with E-state index in [1.54, 1.807) is 0 Å². The summed E-state index contributed by atoms with van der Waals surface area (Å²) in [5.41, 5.74) is 9.31. The summed E-state index contributed by atoms with van der Waals surface area (Å²) in [5, 5.41) is 14.9. The number of fused-ring (bicyclic) bond motifs is 13. The third-order valence-electron chi connectivity index (χ3n) is 11.4. The van der Waals surface area contributed by atoms with Crippen molar-refractivity contribution in [3.8, 4) is 33.4 Å². The molecule has 0 radical (unpaired) electrons. The first kappa shape index (κ1) is 29.8. The lowest BCUT2D eigenvalue weighted by atomic mass is 9.86. The van der Waals surface area contributed by atoms with Gasteiger partial charge in [0, 0.05) is 36.3 Å². The van der Waals surface area contributed by atoms with Gasteiger partial charge in [-0.1, -0.05) is 158 Å². The molecule has 0 spiro atoms. The molecule has 0 aliphatic rings. The van der Waals surface area contributed by atoms with Crippen LogP contribution >= 0.6 is 11.3 Å². The fourth-order valence-electron chi connectivity index (χ4n) is 9.05. The zero-order valence-corrected chi connectivity index (χ0v) is 30.0. The zero-order chi connectivity index (χ0) is 35.3. The molecule has 0 unspecified atom stereocenters. The Morgan fingerprint density at radius 1 is 0.296 bits per heavy atom. The molecule has 0 aliphatic carbocycles. The number of furan rings is 1. The molecule has 250 valence electrons. The third kappa shape index (κ3) is 4.26. The summed E-state index contributed by atoms with van der Waals surface area (Å²) in [5.74, 6) is 0. The summed E-state index contributed by atoms with van der Waals surface area (Å²) < 4.78 is 9.31. The minimum absolute atomic E-state index is 0.919. The van der Waals surface area contributed by atoms with Gasteiger partial charge in [0.2, 0.25) is 0 Å². The minimum atomic E-state index is 0.919. The number of rotatable bonds is 3. The quantitative estimate of drug-likeness (QED) is 0.132. The third-order valence-corrected chi connectivity index (χ3v) is 12.6. The normalized spacial score (nSPS) is 12.1. The van der Waals surface area contributed by atoms with Crippen molar-refractivity contribution in [2.75, 3.05) is 0 Å². The van der Waals surface area contributed by atoms with Gasteiger partial charge in [-0.15, -0.1) is 11.3 Å². The molecule has 1 nitrogen and oxygen atoms in total. The molecule has 2 aromatic heterocycles. The van der Waals surface area contributed by atoms with E-state index in [1.165, 1.54) is 91.1 Å². The monoisotopic (exact) mass is 702 g/mol. The maximum atomic E-state index is 6.72. The van der Waals surface area contributed by atoms with Gasteiger partial charge in [0.15, 0.2) is 0 Å². The maximum Gasteiger partial charge on any atom is 0.143 e. The van der Waals surface area contributed by atoms with E-state index in [2.05, 4.69) is 182 Å². The van der Waals surface area contributed by atoms with Crippen LogP contribution < -0.4 is 0 Å². The molecule has 0 aliphatic heterocycles. The van der Waals surface area contributed by atoms with Crippen LogP contribution in [0.4, 0.5) is 0 Å². The highest BCUT2D eigenvalue weighted by molar-refractivity contribution is 7.25. The SMILES string of the molecule is c1ccc(-c2c3ccccc3c(-c3ccc4c(c3)sc3cc(-c5ccc6c(c5)oc5c7ccccc7c7ccccc7c65)ccc34)c3ccccc23)cc1. The zero-order valence-electron chi connectivity index (χ0n) is 29.1. The van der Waals surface area contributed by atoms with Crippen molar-refractivity contribution in [1.82, 2.24) is 0 Å². The molecule has 54 heavy (non-hydrogen) atoms. The molecule has 2 heteroatoms. The molecule has 12 aromatic rings. The van der Waals surface area contributed by atoms with E-state index in [0.717, 1.165) is 27.5 Å². The van der Waals surface area contributed by atoms with E-state index in [-0.39, 0.29) is 0 Å². The number of hydrogen-bond acceptors (Lipinski definition) is 2. The van der Waals surface area contributed by atoms with E-state index >= 15 is 0 Å². The Balaban J connectivity index is 1.01. The van der Waals surface area contributed by atoms with Crippen molar-refractivity contribution in [2.24, 2.45) is 0 Å². The second-order valence-corrected chi connectivity index (χ2v) is 15.4. The Morgan fingerprint density at radius 3 is 1.37 bits per heavy atom. The number of thiophene rings is 1. The lowest BCUT2D eigenvalue weighted by molar-refractivity contribution is 0.673. The van der Waals surface area contributed by atoms with Gasteiger partial charge in [0.1, 0.15) is 11.2 Å². The van der Waals surface area contributed by atoms with Crippen LogP contribution in [0.15, 0.2) is 186 Å². The van der Waals surface area contributed by atoms with Crippen LogP contribution in [0, 0.1) is 0 Å². The molecule has 0 N–H and O–H groups in total. The Kier molecular flexibility index (Phi) is 6.28. The van der Waals surface area contributed by atoms with Crippen LogP contribution in [0.25, 0.3) is 119 Å². The first-order valence-corrected chi connectivity index (χ1v) is 19.3. The smallest absolute Gasteiger partial charge is 0.143 e. The lowest BCUT2D eigenvalue weighted by Gasteiger charge is -2.17. The van der Waals surface area contributed by atoms with Gasteiger partial charge < -0.3 is 4.42 Å². The van der Waals surface area contributed by atoms with Crippen LogP contribution in [0.5, 0.6) is 0 Å². The molecule has 10 aromatic carbocycles. The Labute approximate surface area is 314 Å². The summed E-state index contributed by atoms with van der Waals surface area (Å²) in [6, 6.07) is 66.6. The standard InChI is InChI=1S/C52H30OS/c1-2-12-31(13-3-1)49-40-17-7-9-19-42(40)50(43-20-10-8-18-41(43)49)34-24-26-38-37-25-22-33(29-47(37)54-48(38)30-34)32-23-27-45-46(28-32)53-52-44-21-11-5-15-36(44)35-14-4-6-16-39(35)51(45)52/h1-30H. The van der Waals surface area contributed by atoms with Crippen molar-refractivity contribution in [1.29, 1.82) is 0 Å². The van der Waals surface area contributed by atoms with Gasteiger partial charge in [-0.25, -0.2) is 0 Å². The fourth-order valence-corrected chi connectivity index (χ4v) is 10.2. The molecule has 0 saturated carbocycles. The van der Waals surface area contributed by atoms with Gasteiger partial charge in [-0.2, -0.15) is 0 Å². The second kappa shape index (κ2) is 11.4. The van der Waals surface area contributed by atoms with Crippen molar-refractivity contribution < 1.29 is 4.42 Å². The molecule has 2 heterocycles. The number of hydrogen-bond donors (Lipinski definition) is 0. The topological polar surface area (TPSA) is 13.1 Å². The summed E-state index contributed by atoms with van der Waals surface area (Å²) in [7, 11) is 0. The van der Waals surface area contributed by atoms with Gasteiger partial charge in [0.25, 0.3) is 0 Å². The van der Waals surface area contributed by atoms with Crippen molar-refractivity contribution in [2.45, 2.75) is 0 Å². The van der Waals surface area contributed by atoms with Crippen LogP contribution in [0.2, 0.25) is 0 Å². The van der Waals surface area contributed by atoms with Crippen LogP contribution in [-0.4, -0.2) is 0 Å². The van der Waals surface area contributed by atoms with Gasteiger partial charge in [0.05, 0.1) is 0 Å². The van der Waals surface area contributed by atoms with Crippen LogP contribution in [0.1, 0.15) is 0 Å². The summed E-state index contributed by atoms with van der Waals surface area (Å²) in [6.07, 6.45) is 0. The Morgan fingerprint density at radius 2 is 0.741 bits per heavy atom. The van der Waals surface area contributed by atoms with Crippen molar-refractivity contribution in [3.63, 3.8) is 0 Å². The van der Waals surface area contributed by atoms with E-state index in [4.69, 9.17) is 4.42 Å². The summed E-state index contributed by atoms with van der Waals surface area (Å²) in [4.78, 5) is 0. The second-order valence-electron chi connectivity index (χ2n) is 14.3. The first-order valence-electron chi connectivity index (χ1n) is 18.5. The summed E-state index contributed by atoms with van der Waals surface area (Å²) >= 11 is 1.88. The van der Waals surface area contributed by atoms with Crippen molar-refractivity contribution in [3.05, 3.63) is 182 Å². The molecule has 0 bridgehead atoms. The molecule has 12 rings (SSSR count). The van der Waals surface area contributed by atoms with Gasteiger partial charge in [-0.05, 0) is 95.3 Å². The molecule has 0 saturated heterocycles. The first-order chi connectivity index (χ1) is 26.8. The van der Waals surface area contributed by atoms with E-state index < -0.39 is 0 Å². The predicted molar refractivity (Wildman–Crippen MR) is 233 cm³/mol. The molecule has 0 amide bonds.